The molecule has 0 aliphatic carbocycles. The van der Waals surface area contributed by atoms with E-state index < -0.39 is 0 Å². The summed E-state index contributed by atoms with van der Waals surface area (Å²) in [6.07, 6.45) is 3.98. The van der Waals surface area contributed by atoms with Gasteiger partial charge in [-0.3, -0.25) is 4.99 Å². The fraction of sp³-hybridized carbons (Fsp3) is 0.684. The zero-order valence-corrected chi connectivity index (χ0v) is 16.6. The van der Waals surface area contributed by atoms with Crippen molar-refractivity contribution < 1.29 is 9.47 Å². The van der Waals surface area contributed by atoms with Gasteiger partial charge < -0.3 is 20.1 Å². The van der Waals surface area contributed by atoms with Gasteiger partial charge in [0.2, 0.25) is 5.88 Å². The zero-order valence-electron chi connectivity index (χ0n) is 16.6. The van der Waals surface area contributed by atoms with Crippen molar-refractivity contribution in [1.82, 2.24) is 15.6 Å². The Kier molecular flexibility index (Phi) is 9.27. The minimum atomic E-state index is 0.0598. The van der Waals surface area contributed by atoms with Crippen molar-refractivity contribution in [2.75, 3.05) is 27.3 Å². The molecule has 0 bridgehead atoms. The molecule has 1 aromatic heterocycles. The average molecular weight is 351 g/mol. The Hall–Kier alpha value is -1.82. The number of rotatable bonds is 9. The van der Waals surface area contributed by atoms with E-state index in [1.165, 1.54) is 0 Å². The van der Waals surface area contributed by atoms with E-state index in [1.54, 1.807) is 20.4 Å². The lowest BCUT2D eigenvalue weighted by Crippen LogP contribution is -2.45. The van der Waals surface area contributed by atoms with Gasteiger partial charge in [-0.1, -0.05) is 40.2 Å². The van der Waals surface area contributed by atoms with Crippen LogP contribution in [0.4, 0.5) is 0 Å². The van der Waals surface area contributed by atoms with Crippen LogP contribution in [-0.4, -0.2) is 44.4 Å². The van der Waals surface area contributed by atoms with Gasteiger partial charge in [0, 0.05) is 39.0 Å². The summed E-state index contributed by atoms with van der Waals surface area (Å²) in [7, 11) is 3.50. The molecule has 1 rings (SSSR count). The Morgan fingerprint density at radius 2 is 2.08 bits per heavy atom. The van der Waals surface area contributed by atoms with E-state index in [0.717, 1.165) is 24.4 Å². The van der Waals surface area contributed by atoms with E-state index >= 15 is 0 Å². The lowest BCUT2D eigenvalue weighted by Gasteiger charge is -2.30. The highest BCUT2D eigenvalue weighted by atomic mass is 16.5. The van der Waals surface area contributed by atoms with Crippen LogP contribution in [-0.2, 0) is 11.3 Å². The SMILES string of the molecule is CCCCOc1ncccc1CNC(=NC)NCC(OC)C(C)(C)C. The van der Waals surface area contributed by atoms with Crippen LogP contribution in [0.25, 0.3) is 0 Å². The zero-order chi connectivity index (χ0) is 18.7. The first-order chi connectivity index (χ1) is 11.9. The number of hydrogen-bond acceptors (Lipinski definition) is 4. The average Bonchev–Trinajstić information content (AvgIpc) is 2.58. The van der Waals surface area contributed by atoms with Gasteiger partial charge in [-0.15, -0.1) is 0 Å². The first-order valence-electron chi connectivity index (χ1n) is 8.96. The predicted molar refractivity (Wildman–Crippen MR) is 103 cm³/mol. The number of aliphatic imine (C=N–C) groups is 1. The number of pyridine rings is 1. The topological polar surface area (TPSA) is 67.8 Å². The number of nitrogens with one attached hydrogen (secondary N) is 2. The molecular formula is C19H34N4O2. The summed E-state index contributed by atoms with van der Waals surface area (Å²) in [4.78, 5) is 8.61. The predicted octanol–water partition coefficient (Wildman–Crippen LogP) is 2.99. The van der Waals surface area contributed by atoms with Crippen molar-refractivity contribution in [3.05, 3.63) is 23.9 Å². The van der Waals surface area contributed by atoms with Crippen LogP contribution < -0.4 is 15.4 Å². The van der Waals surface area contributed by atoms with E-state index in [9.17, 15) is 0 Å². The Morgan fingerprint density at radius 1 is 1.32 bits per heavy atom. The molecule has 0 fully saturated rings. The molecule has 1 atom stereocenters. The summed E-state index contributed by atoms with van der Waals surface area (Å²) in [6, 6.07) is 3.93. The summed E-state index contributed by atoms with van der Waals surface area (Å²) < 4.78 is 11.3. The number of methoxy groups -OCH3 is 1. The minimum Gasteiger partial charge on any atom is -0.477 e. The first kappa shape index (κ1) is 21.2. The number of ether oxygens (including phenoxy) is 2. The van der Waals surface area contributed by atoms with Gasteiger partial charge in [0.25, 0.3) is 0 Å². The standard InChI is InChI=1S/C19H34N4O2/c1-7-8-12-25-17-15(10-9-11-21-17)13-22-18(20-5)23-14-16(24-6)19(2,3)4/h9-11,16H,7-8,12-14H2,1-6H3,(H2,20,22,23). The van der Waals surface area contributed by atoms with Crippen molar-refractivity contribution in [3.63, 3.8) is 0 Å². The Morgan fingerprint density at radius 3 is 2.68 bits per heavy atom. The Labute approximate surface area is 152 Å². The quantitative estimate of drug-likeness (QED) is 0.407. The molecule has 0 aliphatic rings. The molecule has 0 spiro atoms. The second-order valence-corrected chi connectivity index (χ2v) is 7.07. The number of nitrogens with zero attached hydrogens (tertiary/aromatic N) is 2. The van der Waals surface area contributed by atoms with Crippen molar-refractivity contribution in [1.29, 1.82) is 0 Å². The minimum absolute atomic E-state index is 0.0598. The van der Waals surface area contributed by atoms with Gasteiger partial charge >= 0.3 is 0 Å². The smallest absolute Gasteiger partial charge is 0.218 e. The molecule has 0 saturated carbocycles. The van der Waals surface area contributed by atoms with Crippen molar-refractivity contribution in [2.24, 2.45) is 10.4 Å². The van der Waals surface area contributed by atoms with Crippen LogP contribution in [0.1, 0.15) is 46.1 Å². The fourth-order valence-corrected chi connectivity index (χ4v) is 2.33. The molecule has 0 saturated heterocycles. The molecule has 1 heterocycles. The van der Waals surface area contributed by atoms with Gasteiger partial charge in [0.15, 0.2) is 5.96 Å². The molecule has 1 unspecified atom stereocenters. The lowest BCUT2D eigenvalue weighted by atomic mass is 9.89. The third-order valence-electron chi connectivity index (χ3n) is 3.96. The number of hydrogen-bond donors (Lipinski definition) is 2. The maximum absolute atomic E-state index is 5.77. The van der Waals surface area contributed by atoms with Crippen LogP contribution in [0.5, 0.6) is 5.88 Å². The summed E-state index contributed by atoms with van der Waals surface area (Å²) in [5.74, 6) is 1.41. The first-order valence-corrected chi connectivity index (χ1v) is 8.96. The van der Waals surface area contributed by atoms with Gasteiger partial charge in [0.05, 0.1) is 12.7 Å². The summed E-state index contributed by atoms with van der Waals surface area (Å²) in [6.45, 7) is 10.6. The molecule has 25 heavy (non-hydrogen) atoms. The number of aromatic nitrogens is 1. The van der Waals surface area contributed by atoms with Gasteiger partial charge in [-0.2, -0.15) is 0 Å². The molecule has 0 aliphatic heterocycles. The third kappa shape index (κ3) is 7.73. The van der Waals surface area contributed by atoms with Gasteiger partial charge in [-0.25, -0.2) is 4.98 Å². The van der Waals surface area contributed by atoms with E-state index in [-0.39, 0.29) is 11.5 Å². The van der Waals surface area contributed by atoms with Crippen LogP contribution in [0.3, 0.4) is 0 Å². The van der Waals surface area contributed by atoms with E-state index in [2.05, 4.69) is 48.3 Å². The third-order valence-corrected chi connectivity index (χ3v) is 3.96. The molecule has 6 nitrogen and oxygen atoms in total. The maximum Gasteiger partial charge on any atom is 0.218 e. The van der Waals surface area contributed by atoms with Crippen molar-refractivity contribution >= 4 is 5.96 Å². The second kappa shape index (κ2) is 10.9. The van der Waals surface area contributed by atoms with Crippen LogP contribution >= 0.6 is 0 Å². The molecule has 0 aromatic carbocycles. The highest BCUT2D eigenvalue weighted by Gasteiger charge is 2.24. The molecule has 0 radical (unpaired) electrons. The number of guanidine groups is 1. The van der Waals surface area contributed by atoms with Gasteiger partial charge in [-0.05, 0) is 17.9 Å². The Bertz CT molecular complexity index is 526. The fourth-order valence-electron chi connectivity index (χ4n) is 2.33. The summed E-state index contributed by atoms with van der Waals surface area (Å²) >= 11 is 0. The van der Waals surface area contributed by atoms with Crippen LogP contribution in [0, 0.1) is 5.41 Å². The normalized spacial score (nSPS) is 13.4. The molecule has 0 amide bonds. The molecule has 6 heteroatoms. The number of unbranched alkanes of at least 4 members (excludes halogenated alkanes) is 1. The Balaban J connectivity index is 2.57. The van der Waals surface area contributed by atoms with E-state index in [0.29, 0.717) is 25.6 Å². The monoisotopic (exact) mass is 350 g/mol. The largest absolute Gasteiger partial charge is 0.477 e. The van der Waals surface area contributed by atoms with Crippen LogP contribution in [0.2, 0.25) is 0 Å². The highest BCUT2D eigenvalue weighted by Crippen LogP contribution is 2.21. The molecule has 142 valence electrons. The highest BCUT2D eigenvalue weighted by molar-refractivity contribution is 5.79. The second-order valence-electron chi connectivity index (χ2n) is 7.07. The molecular weight excluding hydrogens is 316 g/mol. The van der Waals surface area contributed by atoms with Crippen molar-refractivity contribution in [3.8, 4) is 5.88 Å². The lowest BCUT2D eigenvalue weighted by molar-refractivity contribution is 0.0205. The molecule has 1 aromatic rings. The van der Waals surface area contributed by atoms with E-state index in [4.69, 9.17) is 9.47 Å². The van der Waals surface area contributed by atoms with Crippen LogP contribution in [0.15, 0.2) is 23.3 Å². The van der Waals surface area contributed by atoms with E-state index in [1.807, 2.05) is 12.1 Å². The van der Waals surface area contributed by atoms with Gasteiger partial charge in [0.1, 0.15) is 0 Å². The maximum atomic E-state index is 5.77. The summed E-state index contributed by atoms with van der Waals surface area (Å²) in [5, 5.41) is 6.63. The molecule has 2 N–H and O–H groups in total. The summed E-state index contributed by atoms with van der Waals surface area (Å²) in [5.41, 5.74) is 1.07. The van der Waals surface area contributed by atoms with Crippen molar-refractivity contribution in [2.45, 2.75) is 53.2 Å².